The van der Waals surface area contributed by atoms with Crippen molar-refractivity contribution in [1.29, 1.82) is 0 Å². The average Bonchev–Trinajstić information content (AvgIpc) is 3.20. The maximum Gasteiger partial charge on any atom is 0.338 e. The van der Waals surface area contributed by atoms with E-state index in [1.807, 2.05) is 0 Å². The highest BCUT2D eigenvalue weighted by Crippen LogP contribution is 2.31. The molecule has 32 heavy (non-hydrogen) atoms. The molecule has 4 rings (SSSR count). The molecule has 1 amide bonds. The summed E-state index contributed by atoms with van der Waals surface area (Å²) in [4.78, 5) is 42.4. The Labute approximate surface area is 188 Å². The maximum absolute atomic E-state index is 13.1. The van der Waals surface area contributed by atoms with Crippen molar-refractivity contribution in [3.8, 4) is 0 Å². The number of anilines is 2. The third-order valence-corrected chi connectivity index (χ3v) is 6.19. The number of hydrogen-bond acceptors (Lipinski definition) is 8. The van der Waals surface area contributed by atoms with E-state index in [4.69, 9.17) is 4.74 Å². The van der Waals surface area contributed by atoms with Crippen LogP contribution in [0.1, 0.15) is 46.9 Å². The SMILES string of the molecule is CCOC(=O)c1ccc2nc(NC(=O)c3cc([N+](=O)[O-])ccc3N3CCCCC3)sc2c1. The summed E-state index contributed by atoms with van der Waals surface area (Å²) in [5.41, 5.74) is 1.82. The van der Waals surface area contributed by atoms with Gasteiger partial charge in [-0.25, -0.2) is 9.78 Å². The third-order valence-electron chi connectivity index (χ3n) is 5.25. The van der Waals surface area contributed by atoms with Crippen molar-refractivity contribution in [1.82, 2.24) is 4.98 Å². The number of benzene rings is 2. The molecule has 2 aromatic carbocycles. The van der Waals surface area contributed by atoms with E-state index in [1.54, 1.807) is 31.2 Å². The van der Waals surface area contributed by atoms with Crippen LogP contribution in [0, 0.1) is 10.1 Å². The summed E-state index contributed by atoms with van der Waals surface area (Å²) in [5.74, 6) is -0.880. The summed E-state index contributed by atoms with van der Waals surface area (Å²) in [6, 6.07) is 9.37. The van der Waals surface area contributed by atoms with E-state index in [0.717, 1.165) is 37.1 Å². The largest absolute Gasteiger partial charge is 0.462 e. The second-order valence-electron chi connectivity index (χ2n) is 7.38. The monoisotopic (exact) mass is 454 g/mol. The fraction of sp³-hybridized carbons (Fsp3) is 0.318. The van der Waals surface area contributed by atoms with Gasteiger partial charge in [0.25, 0.3) is 11.6 Å². The van der Waals surface area contributed by atoms with E-state index in [2.05, 4.69) is 15.2 Å². The van der Waals surface area contributed by atoms with Crippen LogP contribution in [0.2, 0.25) is 0 Å². The average molecular weight is 455 g/mol. The van der Waals surface area contributed by atoms with Crippen molar-refractivity contribution in [2.45, 2.75) is 26.2 Å². The van der Waals surface area contributed by atoms with Gasteiger partial charge < -0.3 is 9.64 Å². The van der Waals surface area contributed by atoms with Crippen molar-refractivity contribution >= 4 is 49.9 Å². The number of ether oxygens (including phenoxy) is 1. The lowest BCUT2D eigenvalue weighted by Gasteiger charge is -2.30. The molecule has 0 aliphatic carbocycles. The molecule has 0 radical (unpaired) electrons. The van der Waals surface area contributed by atoms with E-state index < -0.39 is 16.8 Å². The molecule has 0 unspecified atom stereocenters. The number of nitrogens with one attached hydrogen (secondary N) is 1. The Kier molecular flexibility index (Phi) is 6.31. The molecule has 10 heteroatoms. The Morgan fingerprint density at radius 3 is 2.69 bits per heavy atom. The van der Waals surface area contributed by atoms with Crippen molar-refractivity contribution in [3.05, 3.63) is 57.6 Å². The number of thiazole rings is 1. The number of esters is 1. The first-order valence-corrected chi connectivity index (χ1v) is 11.2. The normalized spacial score (nSPS) is 13.7. The van der Waals surface area contributed by atoms with Gasteiger partial charge in [0.05, 0.1) is 38.6 Å². The zero-order valence-electron chi connectivity index (χ0n) is 17.5. The van der Waals surface area contributed by atoms with E-state index in [0.29, 0.717) is 21.9 Å². The molecule has 166 valence electrons. The highest BCUT2D eigenvalue weighted by molar-refractivity contribution is 7.22. The van der Waals surface area contributed by atoms with Crippen LogP contribution in [0.4, 0.5) is 16.5 Å². The lowest BCUT2D eigenvalue weighted by Crippen LogP contribution is -2.31. The van der Waals surface area contributed by atoms with Gasteiger partial charge in [-0.2, -0.15) is 0 Å². The second kappa shape index (κ2) is 9.31. The summed E-state index contributed by atoms with van der Waals surface area (Å²) >= 11 is 1.22. The first kappa shape index (κ1) is 21.7. The molecule has 1 saturated heterocycles. The van der Waals surface area contributed by atoms with Gasteiger partial charge in [0.1, 0.15) is 0 Å². The number of nitro benzene ring substituents is 1. The Balaban J connectivity index is 1.62. The Morgan fingerprint density at radius 2 is 1.97 bits per heavy atom. The molecule has 9 nitrogen and oxygen atoms in total. The van der Waals surface area contributed by atoms with Gasteiger partial charge in [0, 0.05) is 25.2 Å². The molecule has 1 aliphatic heterocycles. The second-order valence-corrected chi connectivity index (χ2v) is 8.41. The molecule has 3 aromatic rings. The minimum absolute atomic E-state index is 0.140. The number of carbonyl (C=O) groups is 2. The van der Waals surface area contributed by atoms with Crippen molar-refractivity contribution in [3.63, 3.8) is 0 Å². The molecule has 2 heterocycles. The number of rotatable bonds is 6. The Hall–Kier alpha value is -3.53. The molecule has 1 aromatic heterocycles. The fourth-order valence-corrected chi connectivity index (χ4v) is 4.61. The number of aromatic nitrogens is 1. The van der Waals surface area contributed by atoms with E-state index in [-0.39, 0.29) is 17.9 Å². The summed E-state index contributed by atoms with van der Waals surface area (Å²) in [6.07, 6.45) is 3.15. The molecule has 0 bridgehead atoms. The summed E-state index contributed by atoms with van der Waals surface area (Å²) in [6.45, 7) is 3.62. The predicted molar refractivity (Wildman–Crippen MR) is 123 cm³/mol. The van der Waals surface area contributed by atoms with Crippen LogP contribution in [-0.2, 0) is 4.74 Å². The maximum atomic E-state index is 13.1. The zero-order valence-corrected chi connectivity index (χ0v) is 18.3. The van der Waals surface area contributed by atoms with Crippen LogP contribution in [-0.4, -0.2) is 41.5 Å². The van der Waals surface area contributed by atoms with Crippen molar-refractivity contribution in [2.75, 3.05) is 29.9 Å². The lowest BCUT2D eigenvalue weighted by molar-refractivity contribution is -0.384. The van der Waals surface area contributed by atoms with Gasteiger partial charge >= 0.3 is 5.97 Å². The fourth-order valence-electron chi connectivity index (χ4n) is 3.71. The van der Waals surface area contributed by atoms with Crippen LogP contribution in [0.15, 0.2) is 36.4 Å². The summed E-state index contributed by atoms with van der Waals surface area (Å²) in [5, 5.41) is 14.4. The first-order valence-electron chi connectivity index (χ1n) is 10.4. The molecule has 0 saturated carbocycles. The highest BCUT2D eigenvalue weighted by atomic mass is 32.1. The summed E-state index contributed by atoms with van der Waals surface area (Å²) < 4.78 is 5.75. The van der Waals surface area contributed by atoms with Gasteiger partial charge in [0.15, 0.2) is 5.13 Å². The number of non-ortho nitro benzene ring substituents is 1. The number of hydrogen-bond donors (Lipinski definition) is 1. The predicted octanol–water partition coefficient (Wildman–Crippen LogP) is 4.62. The van der Waals surface area contributed by atoms with Crippen molar-refractivity contribution < 1.29 is 19.2 Å². The van der Waals surface area contributed by atoms with Gasteiger partial charge in [-0.1, -0.05) is 11.3 Å². The Morgan fingerprint density at radius 1 is 1.19 bits per heavy atom. The van der Waals surface area contributed by atoms with Gasteiger partial charge in [-0.15, -0.1) is 0 Å². The molecule has 0 spiro atoms. The van der Waals surface area contributed by atoms with Crippen LogP contribution < -0.4 is 10.2 Å². The van der Waals surface area contributed by atoms with Crippen LogP contribution in [0.5, 0.6) is 0 Å². The number of amides is 1. The smallest absolute Gasteiger partial charge is 0.338 e. The van der Waals surface area contributed by atoms with Crippen LogP contribution >= 0.6 is 11.3 Å². The number of nitro groups is 1. The molecule has 1 N–H and O–H groups in total. The van der Waals surface area contributed by atoms with E-state index in [1.165, 1.54) is 23.5 Å². The lowest BCUT2D eigenvalue weighted by atomic mass is 10.1. The molecule has 0 atom stereocenters. The highest BCUT2D eigenvalue weighted by Gasteiger charge is 2.23. The van der Waals surface area contributed by atoms with Gasteiger partial charge in [0.2, 0.25) is 0 Å². The van der Waals surface area contributed by atoms with Gasteiger partial charge in [-0.3, -0.25) is 20.2 Å². The number of nitrogens with zero attached hydrogens (tertiary/aromatic N) is 3. The number of fused-ring (bicyclic) bond motifs is 1. The standard InChI is InChI=1S/C22H22N4O5S/c1-2-31-21(28)14-6-8-17-19(12-14)32-22(23-17)24-20(27)16-13-15(26(29)30)7-9-18(16)25-10-4-3-5-11-25/h6-9,12-13H,2-5,10-11H2,1H3,(H,23,24,27). The van der Waals surface area contributed by atoms with Crippen molar-refractivity contribution in [2.24, 2.45) is 0 Å². The molecule has 1 fully saturated rings. The van der Waals surface area contributed by atoms with E-state index in [9.17, 15) is 19.7 Å². The number of piperidine rings is 1. The molecular weight excluding hydrogens is 432 g/mol. The van der Waals surface area contributed by atoms with Crippen LogP contribution in [0.3, 0.4) is 0 Å². The molecular formula is C22H22N4O5S. The first-order chi connectivity index (χ1) is 15.5. The Bertz CT molecular complexity index is 1190. The quantitative estimate of drug-likeness (QED) is 0.328. The number of carbonyl (C=O) groups excluding carboxylic acids is 2. The third kappa shape index (κ3) is 4.54. The zero-order chi connectivity index (χ0) is 22.7. The summed E-state index contributed by atoms with van der Waals surface area (Å²) in [7, 11) is 0. The van der Waals surface area contributed by atoms with Crippen LogP contribution in [0.25, 0.3) is 10.2 Å². The minimum Gasteiger partial charge on any atom is -0.462 e. The van der Waals surface area contributed by atoms with E-state index >= 15 is 0 Å². The minimum atomic E-state index is -0.509. The molecule has 1 aliphatic rings. The van der Waals surface area contributed by atoms with Gasteiger partial charge in [-0.05, 0) is 50.5 Å². The topological polar surface area (TPSA) is 115 Å².